The summed E-state index contributed by atoms with van der Waals surface area (Å²) in [6, 6.07) is 4.32. The lowest BCUT2D eigenvalue weighted by Crippen LogP contribution is -2.51. The van der Waals surface area contributed by atoms with Crippen LogP contribution in [0.25, 0.3) is 0 Å². The lowest BCUT2D eigenvalue weighted by Gasteiger charge is -2.36. The van der Waals surface area contributed by atoms with Crippen molar-refractivity contribution in [1.82, 2.24) is 15.1 Å². The fourth-order valence-corrected chi connectivity index (χ4v) is 3.97. The minimum absolute atomic E-state index is 0.195. The van der Waals surface area contributed by atoms with E-state index in [4.69, 9.17) is 4.42 Å². The number of carbonyl (C=O) groups excluding carboxylic acids is 1. The van der Waals surface area contributed by atoms with Crippen LogP contribution in [0.2, 0.25) is 0 Å². The lowest BCUT2D eigenvalue weighted by atomic mass is 9.78. The molecule has 0 aromatic carbocycles. The zero-order valence-corrected chi connectivity index (χ0v) is 15.0. The second-order valence-corrected chi connectivity index (χ2v) is 7.57. The first-order chi connectivity index (χ1) is 11.6. The van der Waals surface area contributed by atoms with Crippen LogP contribution in [-0.2, 0) is 11.3 Å². The number of nitrogens with one attached hydrogen (secondary N) is 1. The molecule has 0 spiro atoms. The molecule has 1 aliphatic heterocycles. The van der Waals surface area contributed by atoms with Crippen LogP contribution in [0.4, 0.5) is 0 Å². The molecule has 1 saturated heterocycles. The monoisotopic (exact) mass is 333 g/mol. The number of rotatable bonds is 5. The van der Waals surface area contributed by atoms with Gasteiger partial charge >= 0.3 is 0 Å². The van der Waals surface area contributed by atoms with Gasteiger partial charge in [-0.3, -0.25) is 14.6 Å². The van der Waals surface area contributed by atoms with Crippen molar-refractivity contribution >= 4 is 5.91 Å². The molecule has 0 radical (unpaired) electrons. The molecule has 3 rings (SSSR count). The Morgan fingerprint density at radius 1 is 1.21 bits per heavy atom. The van der Waals surface area contributed by atoms with E-state index in [1.165, 1.54) is 12.8 Å². The van der Waals surface area contributed by atoms with Crippen molar-refractivity contribution in [2.24, 2.45) is 11.8 Å². The molecule has 2 aliphatic rings. The molecule has 1 saturated carbocycles. The van der Waals surface area contributed by atoms with Gasteiger partial charge in [0.2, 0.25) is 5.91 Å². The summed E-state index contributed by atoms with van der Waals surface area (Å²) in [6.07, 6.45) is 5.39. The first kappa shape index (κ1) is 17.5. The number of hydrogen-bond donors (Lipinski definition) is 1. The second kappa shape index (κ2) is 8.17. The highest BCUT2D eigenvalue weighted by molar-refractivity contribution is 5.78. The number of nitrogens with zero attached hydrogens (tertiary/aromatic N) is 2. The third kappa shape index (κ3) is 4.61. The number of carbonyl (C=O) groups is 1. The first-order valence-corrected chi connectivity index (χ1v) is 9.38. The van der Waals surface area contributed by atoms with Gasteiger partial charge in [-0.15, -0.1) is 0 Å². The summed E-state index contributed by atoms with van der Waals surface area (Å²) >= 11 is 0. The van der Waals surface area contributed by atoms with Gasteiger partial charge in [0.25, 0.3) is 0 Å². The number of piperazine rings is 1. The van der Waals surface area contributed by atoms with Crippen molar-refractivity contribution in [3.05, 3.63) is 24.2 Å². The van der Waals surface area contributed by atoms with Crippen LogP contribution in [0.3, 0.4) is 0 Å². The Balaban J connectivity index is 1.38. The zero-order valence-electron chi connectivity index (χ0n) is 15.0. The van der Waals surface area contributed by atoms with Gasteiger partial charge in [0.1, 0.15) is 5.76 Å². The molecule has 1 N–H and O–H groups in total. The molecule has 0 bridgehead atoms. The Labute approximate surface area is 145 Å². The highest BCUT2D eigenvalue weighted by Crippen LogP contribution is 2.29. The van der Waals surface area contributed by atoms with Crippen molar-refractivity contribution in [2.45, 2.75) is 45.7 Å². The van der Waals surface area contributed by atoms with Gasteiger partial charge in [-0.2, -0.15) is 0 Å². The number of hydrogen-bond acceptors (Lipinski definition) is 4. The van der Waals surface area contributed by atoms with Gasteiger partial charge in [0, 0.05) is 32.2 Å². The van der Waals surface area contributed by atoms with E-state index >= 15 is 0 Å². The van der Waals surface area contributed by atoms with Crippen LogP contribution < -0.4 is 5.32 Å². The Bertz CT molecular complexity index is 509. The Kier molecular flexibility index (Phi) is 5.95. The average Bonchev–Trinajstić information content (AvgIpc) is 3.07. The van der Waals surface area contributed by atoms with E-state index in [1.54, 1.807) is 6.26 Å². The summed E-state index contributed by atoms with van der Waals surface area (Å²) < 4.78 is 5.41. The molecule has 2 heterocycles. The van der Waals surface area contributed by atoms with E-state index in [0.29, 0.717) is 24.4 Å². The van der Waals surface area contributed by atoms with Gasteiger partial charge < -0.3 is 9.73 Å². The van der Waals surface area contributed by atoms with Crippen molar-refractivity contribution in [3.63, 3.8) is 0 Å². The van der Waals surface area contributed by atoms with Crippen LogP contribution in [-0.4, -0.2) is 54.5 Å². The lowest BCUT2D eigenvalue weighted by molar-refractivity contribution is -0.124. The first-order valence-electron chi connectivity index (χ1n) is 9.38. The predicted octanol–water partition coefficient (Wildman–Crippen LogP) is 2.34. The predicted molar refractivity (Wildman–Crippen MR) is 94.5 cm³/mol. The molecule has 5 nitrogen and oxygen atoms in total. The molecule has 3 unspecified atom stereocenters. The largest absolute Gasteiger partial charge is 0.468 e. The van der Waals surface area contributed by atoms with Crippen molar-refractivity contribution in [2.75, 3.05) is 32.7 Å². The van der Waals surface area contributed by atoms with Gasteiger partial charge in [-0.25, -0.2) is 0 Å². The zero-order chi connectivity index (χ0) is 16.9. The van der Waals surface area contributed by atoms with Crippen LogP contribution in [0.5, 0.6) is 0 Å². The minimum Gasteiger partial charge on any atom is -0.468 e. The van der Waals surface area contributed by atoms with Gasteiger partial charge in [-0.05, 0) is 30.4 Å². The molecule has 24 heavy (non-hydrogen) atoms. The summed E-state index contributed by atoms with van der Waals surface area (Å²) in [5, 5.41) is 3.28. The Hall–Kier alpha value is -1.33. The highest BCUT2D eigenvalue weighted by Gasteiger charge is 2.28. The van der Waals surface area contributed by atoms with Gasteiger partial charge in [-0.1, -0.05) is 26.7 Å². The van der Waals surface area contributed by atoms with Crippen molar-refractivity contribution in [3.8, 4) is 0 Å². The molecular formula is C19H31N3O2. The molecule has 2 fully saturated rings. The van der Waals surface area contributed by atoms with E-state index in [1.807, 2.05) is 12.1 Å². The molecule has 5 heteroatoms. The minimum atomic E-state index is 0.195. The van der Waals surface area contributed by atoms with E-state index in [0.717, 1.165) is 44.9 Å². The van der Waals surface area contributed by atoms with Crippen LogP contribution in [0.1, 0.15) is 38.9 Å². The normalized spacial score (nSPS) is 29.5. The highest BCUT2D eigenvalue weighted by atomic mass is 16.3. The fourth-order valence-electron chi connectivity index (χ4n) is 3.97. The van der Waals surface area contributed by atoms with Crippen LogP contribution >= 0.6 is 0 Å². The third-order valence-electron chi connectivity index (χ3n) is 5.84. The maximum atomic E-state index is 12.4. The molecule has 1 aliphatic carbocycles. The van der Waals surface area contributed by atoms with E-state index in [-0.39, 0.29) is 5.91 Å². The maximum Gasteiger partial charge on any atom is 0.234 e. The summed E-state index contributed by atoms with van der Waals surface area (Å²) in [5.74, 6) is 2.52. The Morgan fingerprint density at radius 3 is 2.67 bits per heavy atom. The second-order valence-electron chi connectivity index (χ2n) is 7.57. The van der Waals surface area contributed by atoms with E-state index in [2.05, 4.69) is 29.0 Å². The summed E-state index contributed by atoms with van der Waals surface area (Å²) in [5.41, 5.74) is 0. The number of amides is 1. The molecule has 134 valence electrons. The van der Waals surface area contributed by atoms with Crippen LogP contribution in [0.15, 0.2) is 22.8 Å². The Morgan fingerprint density at radius 2 is 1.96 bits per heavy atom. The standard InChI is InChI=1S/C19H31N3O2/c1-15-5-3-7-18(16(15)2)20-19(23)14-22-10-8-21(9-11-22)13-17-6-4-12-24-17/h4,6,12,15-16,18H,3,5,7-11,13-14H2,1-2H3,(H,20,23). The SMILES string of the molecule is CC1CCCC(NC(=O)CN2CCN(Cc3ccco3)CC2)C1C. The van der Waals surface area contributed by atoms with Crippen molar-refractivity contribution < 1.29 is 9.21 Å². The van der Waals surface area contributed by atoms with Crippen molar-refractivity contribution in [1.29, 1.82) is 0 Å². The molecule has 1 aromatic heterocycles. The smallest absolute Gasteiger partial charge is 0.234 e. The van der Waals surface area contributed by atoms with Crippen LogP contribution in [0, 0.1) is 11.8 Å². The molecule has 1 amide bonds. The topological polar surface area (TPSA) is 48.7 Å². The molecule has 3 atom stereocenters. The maximum absolute atomic E-state index is 12.4. The summed E-state index contributed by atoms with van der Waals surface area (Å²) in [4.78, 5) is 17.0. The molecular weight excluding hydrogens is 302 g/mol. The summed E-state index contributed by atoms with van der Waals surface area (Å²) in [7, 11) is 0. The fraction of sp³-hybridized carbons (Fsp3) is 0.737. The van der Waals surface area contributed by atoms with E-state index < -0.39 is 0 Å². The molecule has 1 aromatic rings. The average molecular weight is 333 g/mol. The third-order valence-corrected chi connectivity index (χ3v) is 5.84. The quantitative estimate of drug-likeness (QED) is 0.898. The van der Waals surface area contributed by atoms with Gasteiger partial charge in [0.05, 0.1) is 19.4 Å². The summed E-state index contributed by atoms with van der Waals surface area (Å²) in [6.45, 7) is 9.87. The van der Waals surface area contributed by atoms with E-state index in [9.17, 15) is 4.79 Å². The van der Waals surface area contributed by atoms with Gasteiger partial charge in [0.15, 0.2) is 0 Å². The number of furan rings is 1.